The van der Waals surface area contributed by atoms with Gasteiger partial charge in [-0.2, -0.15) is 0 Å². The van der Waals surface area contributed by atoms with Gasteiger partial charge in [0.05, 0.1) is 18.3 Å². The van der Waals surface area contributed by atoms with Gasteiger partial charge in [0, 0.05) is 7.05 Å². The van der Waals surface area contributed by atoms with E-state index in [4.69, 9.17) is 4.99 Å². The van der Waals surface area contributed by atoms with E-state index >= 15 is 0 Å². The molecule has 0 aliphatic carbocycles. The number of aryl methyl sites for hydroxylation is 2. The Hall–Kier alpha value is -3.92. The van der Waals surface area contributed by atoms with Crippen LogP contribution < -0.4 is 5.32 Å². The molecule has 1 N–H and O–H groups in total. The fraction of sp³-hybridized carbons (Fsp3) is 0.226. The van der Waals surface area contributed by atoms with Gasteiger partial charge in [-0.15, -0.1) is 0 Å². The molecule has 1 amide bonds. The van der Waals surface area contributed by atoms with Crippen molar-refractivity contribution >= 4 is 12.2 Å². The highest BCUT2D eigenvalue weighted by Crippen LogP contribution is 2.28. The van der Waals surface area contributed by atoms with Crippen molar-refractivity contribution in [2.45, 2.75) is 32.7 Å². The molecule has 0 saturated carbocycles. The van der Waals surface area contributed by atoms with Gasteiger partial charge in [0.2, 0.25) is 6.41 Å². The second-order valence-electron chi connectivity index (χ2n) is 8.60. The van der Waals surface area contributed by atoms with Gasteiger partial charge in [-0.1, -0.05) is 97.6 Å². The summed E-state index contributed by atoms with van der Waals surface area (Å²) in [4.78, 5) is 18.3. The van der Waals surface area contributed by atoms with Crippen LogP contribution in [0, 0.1) is 6.92 Å². The molecule has 0 aliphatic heterocycles. The first-order valence-corrected chi connectivity index (χ1v) is 12.0. The first kappa shape index (κ1) is 25.7. The Morgan fingerprint density at radius 2 is 1.54 bits per heavy atom. The number of aliphatic imine (C=N–C) groups is 1. The normalized spacial score (nSPS) is 12.2. The number of benzene rings is 3. The van der Waals surface area contributed by atoms with Gasteiger partial charge in [0.1, 0.15) is 5.84 Å². The van der Waals surface area contributed by atoms with Gasteiger partial charge in [0.25, 0.3) is 0 Å². The maximum Gasteiger partial charge on any atom is 0.207 e. The second-order valence-corrected chi connectivity index (χ2v) is 8.60. The molecular weight excluding hydrogens is 430 g/mol. The van der Waals surface area contributed by atoms with E-state index in [9.17, 15) is 4.79 Å². The minimum atomic E-state index is 0.0144. The van der Waals surface area contributed by atoms with Crippen LogP contribution in [0.5, 0.6) is 0 Å². The lowest BCUT2D eigenvalue weighted by atomic mass is 9.97. The van der Waals surface area contributed by atoms with Crippen LogP contribution in [0.3, 0.4) is 0 Å². The van der Waals surface area contributed by atoms with Crippen molar-refractivity contribution in [2.24, 2.45) is 4.99 Å². The summed E-state index contributed by atoms with van der Waals surface area (Å²) in [5, 5.41) is 2.80. The number of hydrogen-bond donors (Lipinski definition) is 1. The molecule has 180 valence electrons. The zero-order valence-electron chi connectivity index (χ0n) is 20.9. The van der Waals surface area contributed by atoms with Crippen molar-refractivity contribution in [3.8, 4) is 0 Å². The predicted molar refractivity (Wildman–Crippen MR) is 146 cm³/mol. The van der Waals surface area contributed by atoms with E-state index in [0.717, 1.165) is 29.9 Å². The molecule has 0 spiro atoms. The molecule has 0 saturated heterocycles. The standard InChI is InChI=1S/C31H35N3O/c1-5-26(20-21-27-15-13-12-14-24(27)2)30(22-32-23-35)33-25(3)34(4)31(28-16-8-6-9-17-28)29-18-10-7-11-19-29/h5-19,23,31H,1,20-22H2,2-4H3,(H,32,35)/b30-26+,33-25?. The number of amides is 1. The predicted octanol–water partition coefficient (Wildman–Crippen LogP) is 6.25. The molecule has 0 aromatic heterocycles. The maximum atomic E-state index is 11.1. The van der Waals surface area contributed by atoms with Crippen molar-refractivity contribution in [2.75, 3.05) is 13.6 Å². The Morgan fingerprint density at radius 1 is 0.971 bits per heavy atom. The van der Waals surface area contributed by atoms with Crippen LogP contribution in [0.4, 0.5) is 0 Å². The van der Waals surface area contributed by atoms with Crippen molar-refractivity contribution in [3.63, 3.8) is 0 Å². The van der Waals surface area contributed by atoms with Crippen molar-refractivity contribution in [1.29, 1.82) is 0 Å². The highest BCUT2D eigenvalue weighted by molar-refractivity contribution is 5.81. The van der Waals surface area contributed by atoms with Crippen LogP contribution in [0.2, 0.25) is 0 Å². The molecule has 0 heterocycles. The van der Waals surface area contributed by atoms with Crippen molar-refractivity contribution in [3.05, 3.63) is 131 Å². The molecule has 3 aromatic carbocycles. The number of nitrogens with zero attached hydrogens (tertiary/aromatic N) is 2. The molecule has 3 aromatic rings. The lowest BCUT2D eigenvalue weighted by molar-refractivity contribution is -0.109. The van der Waals surface area contributed by atoms with Crippen molar-refractivity contribution < 1.29 is 4.79 Å². The Balaban J connectivity index is 1.95. The lowest BCUT2D eigenvalue weighted by Gasteiger charge is -2.31. The summed E-state index contributed by atoms with van der Waals surface area (Å²) in [6, 6.07) is 29.3. The lowest BCUT2D eigenvalue weighted by Crippen LogP contribution is -2.30. The first-order chi connectivity index (χ1) is 17.0. The molecule has 0 bridgehead atoms. The minimum Gasteiger partial charge on any atom is -0.353 e. The molecular formula is C31H35N3O. The molecule has 0 unspecified atom stereocenters. The minimum absolute atomic E-state index is 0.0144. The number of allylic oxidation sites excluding steroid dienone is 2. The summed E-state index contributed by atoms with van der Waals surface area (Å²) in [5.41, 5.74) is 6.82. The van der Waals surface area contributed by atoms with E-state index in [1.807, 2.05) is 25.1 Å². The molecule has 4 heteroatoms. The Kier molecular flexibility index (Phi) is 9.61. The summed E-state index contributed by atoms with van der Waals surface area (Å²) in [6.45, 7) is 8.55. The zero-order chi connectivity index (χ0) is 25.0. The van der Waals surface area contributed by atoms with E-state index in [2.05, 4.69) is 104 Å². The number of amidine groups is 1. The third-order valence-corrected chi connectivity index (χ3v) is 6.32. The van der Waals surface area contributed by atoms with E-state index in [1.54, 1.807) is 0 Å². The van der Waals surface area contributed by atoms with E-state index in [-0.39, 0.29) is 6.04 Å². The Morgan fingerprint density at radius 3 is 2.09 bits per heavy atom. The monoisotopic (exact) mass is 465 g/mol. The second kappa shape index (κ2) is 13.1. The van der Waals surface area contributed by atoms with Gasteiger partial charge < -0.3 is 10.2 Å². The van der Waals surface area contributed by atoms with E-state index in [1.165, 1.54) is 22.3 Å². The smallest absolute Gasteiger partial charge is 0.207 e. The van der Waals surface area contributed by atoms with Crippen LogP contribution in [-0.4, -0.2) is 30.7 Å². The quantitative estimate of drug-likeness (QED) is 0.157. The number of carbonyl (C=O) groups is 1. The van der Waals surface area contributed by atoms with Crippen LogP contribution in [0.25, 0.3) is 0 Å². The number of nitrogens with one attached hydrogen (secondary N) is 1. The van der Waals surface area contributed by atoms with Gasteiger partial charge in [0.15, 0.2) is 0 Å². The fourth-order valence-electron chi connectivity index (χ4n) is 4.26. The summed E-state index contributed by atoms with van der Waals surface area (Å²) in [7, 11) is 2.06. The Labute approximate surface area is 209 Å². The number of carbonyl (C=O) groups excluding carboxylic acids is 1. The van der Waals surface area contributed by atoms with Crippen LogP contribution in [0.15, 0.2) is 114 Å². The van der Waals surface area contributed by atoms with E-state index in [0.29, 0.717) is 13.0 Å². The van der Waals surface area contributed by atoms with Crippen LogP contribution >= 0.6 is 0 Å². The third kappa shape index (κ3) is 7.03. The molecule has 0 atom stereocenters. The highest BCUT2D eigenvalue weighted by atomic mass is 16.1. The number of hydrogen-bond acceptors (Lipinski definition) is 2. The average Bonchev–Trinajstić information content (AvgIpc) is 2.89. The van der Waals surface area contributed by atoms with Gasteiger partial charge in [-0.25, -0.2) is 4.99 Å². The number of rotatable bonds is 11. The molecule has 3 rings (SSSR count). The highest BCUT2D eigenvalue weighted by Gasteiger charge is 2.20. The largest absolute Gasteiger partial charge is 0.353 e. The third-order valence-electron chi connectivity index (χ3n) is 6.32. The van der Waals surface area contributed by atoms with Gasteiger partial charge in [-0.3, -0.25) is 4.79 Å². The first-order valence-electron chi connectivity index (χ1n) is 12.0. The van der Waals surface area contributed by atoms with E-state index < -0.39 is 0 Å². The molecule has 0 fully saturated rings. The summed E-state index contributed by atoms with van der Waals surface area (Å²) in [6.07, 6.45) is 4.27. The fourth-order valence-corrected chi connectivity index (χ4v) is 4.26. The Bertz CT molecular complexity index is 1130. The van der Waals surface area contributed by atoms with Crippen LogP contribution in [-0.2, 0) is 11.2 Å². The summed E-state index contributed by atoms with van der Waals surface area (Å²) in [5.74, 6) is 0.862. The summed E-state index contributed by atoms with van der Waals surface area (Å²) < 4.78 is 0. The average molecular weight is 466 g/mol. The topological polar surface area (TPSA) is 44.7 Å². The molecule has 4 nitrogen and oxygen atoms in total. The van der Waals surface area contributed by atoms with Crippen LogP contribution in [0.1, 0.15) is 41.6 Å². The molecule has 35 heavy (non-hydrogen) atoms. The molecule has 0 aliphatic rings. The van der Waals surface area contributed by atoms with Crippen molar-refractivity contribution in [1.82, 2.24) is 10.2 Å². The maximum absolute atomic E-state index is 11.1. The van der Waals surface area contributed by atoms with Gasteiger partial charge >= 0.3 is 0 Å². The zero-order valence-corrected chi connectivity index (χ0v) is 20.9. The SMILES string of the molecule is C=C/C(CCc1ccccc1C)=C(/CNC=O)N=C(C)N(C)C(c1ccccc1)c1ccccc1. The summed E-state index contributed by atoms with van der Waals surface area (Å²) >= 11 is 0. The van der Waals surface area contributed by atoms with Gasteiger partial charge in [-0.05, 0) is 54.5 Å². The molecule has 0 radical (unpaired) electrons.